The molecule has 0 aliphatic heterocycles. The third-order valence-electron chi connectivity index (χ3n) is 3.19. The number of rotatable bonds is 5. The average molecular weight is 299 g/mol. The predicted molar refractivity (Wildman–Crippen MR) is 86.7 cm³/mol. The summed E-state index contributed by atoms with van der Waals surface area (Å²) in [5.41, 5.74) is 8.37. The zero-order valence-electron chi connectivity index (χ0n) is 11.8. The average Bonchev–Trinajstić information content (AvgIpc) is 2.48. The predicted octanol–water partition coefficient (Wildman–Crippen LogP) is 1.92. The van der Waals surface area contributed by atoms with Gasteiger partial charge in [0.1, 0.15) is 4.99 Å². The smallest absolute Gasteiger partial charge is 0.227 e. The summed E-state index contributed by atoms with van der Waals surface area (Å²) in [7, 11) is 1.80. The molecule has 0 atom stereocenters. The molecular weight excluding hydrogens is 282 g/mol. The van der Waals surface area contributed by atoms with E-state index in [1.165, 1.54) is 0 Å². The van der Waals surface area contributed by atoms with Gasteiger partial charge in [0.15, 0.2) is 0 Å². The molecule has 1 aromatic heterocycles. The third-order valence-corrected chi connectivity index (χ3v) is 3.42. The van der Waals surface area contributed by atoms with Crippen LogP contribution in [0.15, 0.2) is 48.8 Å². The van der Waals surface area contributed by atoms with Crippen molar-refractivity contribution < 1.29 is 4.79 Å². The Bertz CT molecular complexity index is 626. The van der Waals surface area contributed by atoms with Crippen LogP contribution in [-0.4, -0.2) is 27.8 Å². The molecule has 1 amide bonds. The summed E-state index contributed by atoms with van der Waals surface area (Å²) in [6.07, 6.45) is 3.81. The Kier molecular flexibility index (Phi) is 5.00. The Morgan fingerprint density at radius 2 is 1.76 bits per heavy atom. The Morgan fingerprint density at radius 1 is 1.14 bits per heavy atom. The molecule has 2 N–H and O–H groups in total. The molecular formula is C16H17N3OS. The molecule has 0 aliphatic rings. The highest BCUT2D eigenvalue weighted by Crippen LogP contribution is 2.08. The highest BCUT2D eigenvalue weighted by atomic mass is 32.1. The summed E-state index contributed by atoms with van der Waals surface area (Å²) in [5.74, 6) is 0.0647. The van der Waals surface area contributed by atoms with E-state index in [0.717, 1.165) is 16.7 Å². The van der Waals surface area contributed by atoms with Gasteiger partial charge >= 0.3 is 0 Å². The molecule has 4 nitrogen and oxygen atoms in total. The molecule has 5 heteroatoms. The first-order valence-electron chi connectivity index (χ1n) is 6.58. The van der Waals surface area contributed by atoms with Crippen LogP contribution in [0.4, 0.5) is 0 Å². The van der Waals surface area contributed by atoms with Gasteiger partial charge in [-0.25, -0.2) is 0 Å². The Hall–Kier alpha value is -2.27. The minimum atomic E-state index is 0.0647. The minimum absolute atomic E-state index is 0.0647. The summed E-state index contributed by atoms with van der Waals surface area (Å²) >= 11 is 4.91. The monoisotopic (exact) mass is 299 g/mol. The Balaban J connectivity index is 1.95. The van der Waals surface area contributed by atoms with E-state index in [9.17, 15) is 4.79 Å². The molecule has 0 unspecified atom stereocenters. The maximum atomic E-state index is 12.2. The normalized spacial score (nSPS) is 10.1. The van der Waals surface area contributed by atoms with Crippen molar-refractivity contribution in [3.8, 4) is 0 Å². The summed E-state index contributed by atoms with van der Waals surface area (Å²) < 4.78 is 0. The van der Waals surface area contributed by atoms with Gasteiger partial charge < -0.3 is 10.6 Å². The number of carbonyl (C=O) groups excluding carboxylic acids is 1. The fraction of sp³-hybridized carbons (Fsp3) is 0.188. The van der Waals surface area contributed by atoms with E-state index in [-0.39, 0.29) is 5.91 Å². The van der Waals surface area contributed by atoms with Gasteiger partial charge in [0.05, 0.1) is 6.42 Å². The van der Waals surface area contributed by atoms with Crippen LogP contribution >= 0.6 is 12.2 Å². The zero-order valence-corrected chi connectivity index (χ0v) is 12.6. The molecule has 21 heavy (non-hydrogen) atoms. The van der Waals surface area contributed by atoms with Crippen LogP contribution < -0.4 is 5.73 Å². The quantitative estimate of drug-likeness (QED) is 0.857. The lowest BCUT2D eigenvalue weighted by Crippen LogP contribution is -2.27. The number of nitrogens with two attached hydrogens (primary N) is 1. The van der Waals surface area contributed by atoms with Crippen molar-refractivity contribution in [2.75, 3.05) is 7.05 Å². The fourth-order valence-electron chi connectivity index (χ4n) is 1.95. The van der Waals surface area contributed by atoms with E-state index in [0.29, 0.717) is 18.0 Å². The second-order valence-electron chi connectivity index (χ2n) is 4.84. The molecule has 0 saturated carbocycles. The van der Waals surface area contributed by atoms with E-state index < -0.39 is 0 Å². The number of likely N-dealkylation sites (N-methyl/N-ethyl adjacent to an activating group) is 1. The lowest BCUT2D eigenvalue weighted by molar-refractivity contribution is -0.129. The lowest BCUT2D eigenvalue weighted by Gasteiger charge is -2.17. The number of nitrogens with zero attached hydrogens (tertiary/aromatic N) is 2. The molecule has 1 aromatic carbocycles. The molecule has 1 heterocycles. The summed E-state index contributed by atoms with van der Waals surface area (Å²) in [4.78, 5) is 18.2. The van der Waals surface area contributed by atoms with E-state index in [1.54, 1.807) is 24.3 Å². The molecule has 0 aliphatic carbocycles. The SMILES string of the molecule is CN(Cc1ccncc1)C(=O)Cc1ccc(C(N)=S)cc1. The standard InChI is InChI=1S/C16H17N3OS/c1-19(11-13-6-8-18-9-7-13)15(20)10-12-2-4-14(5-3-12)16(17)21/h2-9H,10-11H2,1H3,(H2,17,21). The van der Waals surface area contributed by atoms with Gasteiger partial charge in [-0.05, 0) is 23.3 Å². The zero-order chi connectivity index (χ0) is 15.2. The molecule has 0 saturated heterocycles. The van der Waals surface area contributed by atoms with Crippen LogP contribution in [0.2, 0.25) is 0 Å². The van der Waals surface area contributed by atoms with Crippen LogP contribution in [0.3, 0.4) is 0 Å². The van der Waals surface area contributed by atoms with Gasteiger partial charge in [-0.1, -0.05) is 36.5 Å². The largest absolute Gasteiger partial charge is 0.389 e. The number of carbonyl (C=O) groups is 1. The van der Waals surface area contributed by atoms with Crippen LogP contribution in [0.1, 0.15) is 16.7 Å². The highest BCUT2D eigenvalue weighted by Gasteiger charge is 2.10. The fourth-order valence-corrected chi connectivity index (χ4v) is 2.08. The highest BCUT2D eigenvalue weighted by molar-refractivity contribution is 7.80. The van der Waals surface area contributed by atoms with Gasteiger partial charge in [0, 0.05) is 31.5 Å². The van der Waals surface area contributed by atoms with Crippen molar-refractivity contribution in [1.82, 2.24) is 9.88 Å². The second kappa shape index (κ2) is 6.95. The van der Waals surface area contributed by atoms with Gasteiger partial charge in [0.25, 0.3) is 0 Å². The molecule has 0 spiro atoms. The van der Waals surface area contributed by atoms with Gasteiger partial charge in [0.2, 0.25) is 5.91 Å². The first-order chi connectivity index (χ1) is 10.1. The van der Waals surface area contributed by atoms with Gasteiger partial charge in [-0.3, -0.25) is 9.78 Å². The van der Waals surface area contributed by atoms with Crippen molar-refractivity contribution in [2.24, 2.45) is 5.73 Å². The number of benzene rings is 1. The van der Waals surface area contributed by atoms with E-state index in [4.69, 9.17) is 18.0 Å². The van der Waals surface area contributed by atoms with Crippen LogP contribution in [-0.2, 0) is 17.8 Å². The number of hydrogen-bond donors (Lipinski definition) is 1. The Labute approximate surface area is 129 Å². The number of amides is 1. The lowest BCUT2D eigenvalue weighted by atomic mass is 10.1. The van der Waals surface area contributed by atoms with Crippen LogP contribution in [0.5, 0.6) is 0 Å². The summed E-state index contributed by atoms with van der Waals surface area (Å²) in [6.45, 7) is 0.576. The van der Waals surface area contributed by atoms with Crippen molar-refractivity contribution in [3.05, 3.63) is 65.5 Å². The third kappa shape index (κ3) is 4.36. The first kappa shape index (κ1) is 15.1. The van der Waals surface area contributed by atoms with Crippen LogP contribution in [0, 0.1) is 0 Å². The molecule has 0 fully saturated rings. The Morgan fingerprint density at radius 3 is 2.33 bits per heavy atom. The molecule has 2 rings (SSSR count). The van der Waals surface area contributed by atoms with Crippen LogP contribution in [0.25, 0.3) is 0 Å². The second-order valence-corrected chi connectivity index (χ2v) is 5.28. The van der Waals surface area contributed by atoms with E-state index >= 15 is 0 Å². The number of pyridine rings is 1. The summed E-state index contributed by atoms with van der Waals surface area (Å²) in [5, 5.41) is 0. The van der Waals surface area contributed by atoms with Gasteiger partial charge in [-0.2, -0.15) is 0 Å². The molecule has 0 radical (unpaired) electrons. The van der Waals surface area contributed by atoms with E-state index in [2.05, 4.69) is 4.98 Å². The van der Waals surface area contributed by atoms with Gasteiger partial charge in [-0.15, -0.1) is 0 Å². The maximum absolute atomic E-state index is 12.2. The van der Waals surface area contributed by atoms with Crippen molar-refractivity contribution in [1.29, 1.82) is 0 Å². The number of thiocarbonyl (C=S) groups is 1. The van der Waals surface area contributed by atoms with Crippen molar-refractivity contribution in [2.45, 2.75) is 13.0 Å². The first-order valence-corrected chi connectivity index (χ1v) is 6.98. The number of aromatic nitrogens is 1. The minimum Gasteiger partial charge on any atom is -0.389 e. The molecule has 108 valence electrons. The molecule has 2 aromatic rings. The maximum Gasteiger partial charge on any atom is 0.227 e. The number of hydrogen-bond acceptors (Lipinski definition) is 3. The van der Waals surface area contributed by atoms with Crippen molar-refractivity contribution >= 4 is 23.1 Å². The van der Waals surface area contributed by atoms with Crippen molar-refractivity contribution in [3.63, 3.8) is 0 Å². The topological polar surface area (TPSA) is 59.2 Å². The molecule has 0 bridgehead atoms. The van der Waals surface area contributed by atoms with E-state index in [1.807, 2.05) is 36.4 Å². The summed E-state index contributed by atoms with van der Waals surface area (Å²) in [6, 6.07) is 11.3.